The molecule has 4 rings (SSSR count). The minimum Gasteiger partial charge on any atom is -0.364 e. The van der Waals surface area contributed by atoms with Crippen LogP contribution in [0.15, 0.2) is 42.3 Å². The third kappa shape index (κ3) is 2.49. The van der Waals surface area contributed by atoms with E-state index in [0.717, 1.165) is 35.0 Å². The largest absolute Gasteiger partial charge is 0.364 e. The summed E-state index contributed by atoms with van der Waals surface area (Å²) in [5, 5.41) is 10.0. The molecule has 0 unspecified atom stereocenters. The summed E-state index contributed by atoms with van der Waals surface area (Å²) in [6, 6.07) is 4.18. The maximum Gasteiger partial charge on any atom is 0.157 e. The van der Waals surface area contributed by atoms with Gasteiger partial charge in [-0.2, -0.15) is 5.10 Å². The van der Waals surface area contributed by atoms with Crippen molar-refractivity contribution in [2.45, 2.75) is 13.5 Å². The van der Waals surface area contributed by atoms with Gasteiger partial charge in [0.25, 0.3) is 0 Å². The first kappa shape index (κ1) is 14.0. The van der Waals surface area contributed by atoms with Crippen LogP contribution in [0.3, 0.4) is 0 Å². The number of fused-ring (bicyclic) bond motifs is 1. The van der Waals surface area contributed by atoms with Crippen LogP contribution in [0.2, 0.25) is 0 Å². The van der Waals surface area contributed by atoms with Gasteiger partial charge in [0.1, 0.15) is 11.5 Å². The van der Waals surface area contributed by atoms with Crippen molar-refractivity contribution in [2.24, 2.45) is 7.05 Å². The Balaban J connectivity index is 1.82. The Morgan fingerprint density at radius 2 is 2.26 bits per heavy atom. The Morgan fingerprint density at radius 3 is 3.00 bits per heavy atom. The van der Waals surface area contributed by atoms with Crippen LogP contribution in [-0.2, 0) is 13.6 Å². The van der Waals surface area contributed by atoms with Crippen LogP contribution in [-0.4, -0.2) is 24.1 Å². The third-order valence-corrected chi connectivity index (χ3v) is 4.59. The van der Waals surface area contributed by atoms with Gasteiger partial charge < -0.3 is 5.32 Å². The Hall–Kier alpha value is -2.67. The first-order valence-electron chi connectivity index (χ1n) is 7.31. The van der Waals surface area contributed by atoms with Gasteiger partial charge in [-0.05, 0) is 18.4 Å². The zero-order chi connectivity index (χ0) is 15.8. The summed E-state index contributed by atoms with van der Waals surface area (Å²) in [6.45, 7) is 2.76. The number of hydrogen-bond donors (Lipinski definition) is 1. The van der Waals surface area contributed by atoms with E-state index in [1.54, 1.807) is 23.7 Å². The molecule has 0 radical (unpaired) electrons. The van der Waals surface area contributed by atoms with Crippen molar-refractivity contribution in [3.8, 4) is 11.3 Å². The molecule has 0 aliphatic carbocycles. The molecule has 0 saturated heterocycles. The van der Waals surface area contributed by atoms with Gasteiger partial charge >= 0.3 is 0 Å². The van der Waals surface area contributed by atoms with E-state index < -0.39 is 0 Å². The van der Waals surface area contributed by atoms with Crippen LogP contribution in [0.5, 0.6) is 0 Å². The lowest BCUT2D eigenvalue weighted by Crippen LogP contribution is -2.02. The second-order valence-electron chi connectivity index (χ2n) is 5.35. The number of aryl methyl sites for hydroxylation is 2. The van der Waals surface area contributed by atoms with E-state index in [9.17, 15) is 0 Å². The van der Waals surface area contributed by atoms with Crippen molar-refractivity contribution >= 4 is 22.8 Å². The van der Waals surface area contributed by atoms with Gasteiger partial charge in [-0.1, -0.05) is 6.07 Å². The predicted octanol–water partition coefficient (Wildman–Crippen LogP) is 3.11. The number of hydrogen-bond acceptors (Lipinski definition) is 5. The molecule has 0 bridgehead atoms. The van der Waals surface area contributed by atoms with E-state index in [-0.39, 0.29) is 0 Å². The highest BCUT2D eigenvalue weighted by atomic mass is 32.1. The first-order valence-corrected chi connectivity index (χ1v) is 8.19. The molecule has 7 heteroatoms. The summed E-state index contributed by atoms with van der Waals surface area (Å²) in [5.74, 6) is 0.965. The second kappa shape index (κ2) is 5.51. The Labute approximate surface area is 137 Å². The van der Waals surface area contributed by atoms with Crippen molar-refractivity contribution in [3.63, 3.8) is 0 Å². The molecule has 0 aromatic carbocycles. The average molecular weight is 324 g/mol. The quantitative estimate of drug-likeness (QED) is 0.626. The minimum absolute atomic E-state index is 0.764. The van der Waals surface area contributed by atoms with E-state index in [0.29, 0.717) is 0 Å². The van der Waals surface area contributed by atoms with Crippen LogP contribution in [0.25, 0.3) is 16.9 Å². The molecule has 0 aliphatic rings. The lowest BCUT2D eigenvalue weighted by atomic mass is 10.2. The topological polar surface area (TPSA) is 60.0 Å². The molecule has 0 fully saturated rings. The number of rotatable bonds is 4. The number of aromatic nitrogens is 5. The minimum atomic E-state index is 0.764. The Bertz CT molecular complexity index is 950. The second-order valence-corrected chi connectivity index (χ2v) is 6.38. The molecule has 23 heavy (non-hydrogen) atoms. The van der Waals surface area contributed by atoms with E-state index in [4.69, 9.17) is 4.98 Å². The third-order valence-electron chi connectivity index (χ3n) is 3.71. The molecule has 6 nitrogen and oxygen atoms in total. The van der Waals surface area contributed by atoms with Crippen LogP contribution < -0.4 is 5.32 Å². The molecular weight excluding hydrogens is 308 g/mol. The molecule has 0 amide bonds. The summed E-state index contributed by atoms with van der Waals surface area (Å²) in [7, 11) is 1.92. The molecule has 4 aromatic rings. The van der Waals surface area contributed by atoms with Crippen LogP contribution in [0.4, 0.5) is 5.82 Å². The van der Waals surface area contributed by atoms with Gasteiger partial charge in [0.2, 0.25) is 0 Å². The molecule has 116 valence electrons. The highest BCUT2D eigenvalue weighted by Gasteiger charge is 2.17. The highest BCUT2D eigenvalue weighted by Crippen LogP contribution is 2.30. The lowest BCUT2D eigenvalue weighted by Gasteiger charge is -2.07. The van der Waals surface area contributed by atoms with E-state index in [2.05, 4.69) is 32.9 Å². The zero-order valence-electron chi connectivity index (χ0n) is 12.9. The first-order chi connectivity index (χ1) is 11.2. The van der Waals surface area contributed by atoms with E-state index in [1.165, 1.54) is 4.88 Å². The van der Waals surface area contributed by atoms with Crippen molar-refractivity contribution in [3.05, 3.63) is 52.9 Å². The molecule has 0 saturated carbocycles. The fraction of sp³-hybridized carbons (Fsp3) is 0.188. The van der Waals surface area contributed by atoms with Crippen LogP contribution >= 0.6 is 11.3 Å². The lowest BCUT2D eigenvalue weighted by molar-refractivity contribution is 0.756. The van der Waals surface area contributed by atoms with Crippen molar-refractivity contribution in [1.82, 2.24) is 24.1 Å². The Morgan fingerprint density at radius 1 is 1.35 bits per heavy atom. The standard InChI is InChI=1S/C16H16N6S/c1-11-13(10-21(2)20-11)15-16(18-8-12-4-3-7-23-12)22-6-5-17-9-14(22)19-15/h3-7,9-10,18H,8H2,1-2H3. The normalized spacial score (nSPS) is 11.2. The molecule has 0 spiro atoms. The van der Waals surface area contributed by atoms with Crippen molar-refractivity contribution in [1.29, 1.82) is 0 Å². The summed E-state index contributed by atoms with van der Waals surface area (Å²) in [5.41, 5.74) is 3.72. The zero-order valence-corrected chi connectivity index (χ0v) is 13.7. The predicted molar refractivity (Wildman–Crippen MR) is 91.6 cm³/mol. The fourth-order valence-electron chi connectivity index (χ4n) is 2.68. The van der Waals surface area contributed by atoms with Crippen LogP contribution in [0.1, 0.15) is 10.6 Å². The number of imidazole rings is 1. The van der Waals surface area contributed by atoms with Gasteiger partial charge in [-0.3, -0.25) is 14.1 Å². The van der Waals surface area contributed by atoms with E-state index in [1.807, 2.05) is 35.4 Å². The highest BCUT2D eigenvalue weighted by molar-refractivity contribution is 7.09. The summed E-state index contributed by atoms with van der Waals surface area (Å²) < 4.78 is 3.85. The number of anilines is 1. The number of nitrogens with zero attached hydrogens (tertiary/aromatic N) is 5. The average Bonchev–Trinajstić information content (AvgIpc) is 3.24. The van der Waals surface area contributed by atoms with Gasteiger partial charge in [-0.15, -0.1) is 11.3 Å². The van der Waals surface area contributed by atoms with Gasteiger partial charge in [0, 0.05) is 36.1 Å². The Kier molecular flexibility index (Phi) is 3.34. The maximum absolute atomic E-state index is 4.75. The van der Waals surface area contributed by atoms with Gasteiger partial charge in [0.05, 0.1) is 18.4 Å². The summed E-state index contributed by atoms with van der Waals surface area (Å²) in [6.07, 6.45) is 7.46. The summed E-state index contributed by atoms with van der Waals surface area (Å²) in [4.78, 5) is 10.2. The van der Waals surface area contributed by atoms with Crippen molar-refractivity contribution in [2.75, 3.05) is 5.32 Å². The van der Waals surface area contributed by atoms with Crippen LogP contribution in [0, 0.1) is 6.92 Å². The maximum atomic E-state index is 4.75. The monoisotopic (exact) mass is 324 g/mol. The fourth-order valence-corrected chi connectivity index (χ4v) is 3.32. The molecule has 4 heterocycles. The van der Waals surface area contributed by atoms with E-state index >= 15 is 0 Å². The van der Waals surface area contributed by atoms with Gasteiger partial charge in [-0.25, -0.2) is 4.98 Å². The van der Waals surface area contributed by atoms with Crippen molar-refractivity contribution < 1.29 is 0 Å². The molecule has 1 N–H and O–H groups in total. The number of nitrogens with one attached hydrogen (secondary N) is 1. The smallest absolute Gasteiger partial charge is 0.157 e. The summed E-state index contributed by atoms with van der Waals surface area (Å²) >= 11 is 1.74. The molecular formula is C16H16N6S. The van der Waals surface area contributed by atoms with Gasteiger partial charge in [0.15, 0.2) is 5.65 Å². The number of thiophene rings is 1. The molecule has 0 aliphatic heterocycles. The molecule has 0 atom stereocenters. The SMILES string of the molecule is Cc1nn(C)cc1-c1nc2cnccn2c1NCc1cccs1. The molecule has 4 aromatic heterocycles.